The number of piperidine rings is 1. The van der Waals surface area contributed by atoms with Gasteiger partial charge in [0.05, 0.1) is 12.6 Å². The highest BCUT2D eigenvalue weighted by Gasteiger charge is 2.22. The second-order valence-electron chi connectivity index (χ2n) is 5.16. The van der Waals surface area contributed by atoms with Crippen LogP contribution in [0.3, 0.4) is 0 Å². The van der Waals surface area contributed by atoms with Crippen molar-refractivity contribution in [2.45, 2.75) is 39.2 Å². The lowest BCUT2D eigenvalue weighted by Crippen LogP contribution is -2.35. The molecule has 0 aliphatic carbocycles. The van der Waals surface area contributed by atoms with Crippen LogP contribution in [-0.4, -0.2) is 29.7 Å². The van der Waals surface area contributed by atoms with Gasteiger partial charge in [0.2, 0.25) is 0 Å². The van der Waals surface area contributed by atoms with Crippen molar-refractivity contribution in [1.29, 1.82) is 0 Å². The van der Waals surface area contributed by atoms with Gasteiger partial charge in [-0.2, -0.15) is 0 Å². The molecule has 1 heterocycles. The lowest BCUT2D eigenvalue weighted by Gasteiger charge is -2.34. The predicted octanol–water partition coefficient (Wildman–Crippen LogP) is 2.82. The molecule has 2 rings (SSSR count). The van der Waals surface area contributed by atoms with E-state index in [9.17, 15) is 5.11 Å². The molecule has 1 unspecified atom stereocenters. The topological polar surface area (TPSA) is 23.5 Å². The van der Waals surface area contributed by atoms with Crippen LogP contribution < -0.4 is 0 Å². The summed E-state index contributed by atoms with van der Waals surface area (Å²) in [7, 11) is 0. The van der Waals surface area contributed by atoms with Crippen LogP contribution in [0.1, 0.15) is 42.0 Å². The Balaban J connectivity index is 2.21. The van der Waals surface area contributed by atoms with Crippen molar-refractivity contribution in [3.63, 3.8) is 0 Å². The zero-order valence-corrected chi connectivity index (χ0v) is 10.9. The van der Waals surface area contributed by atoms with Crippen LogP contribution in [0.25, 0.3) is 0 Å². The largest absolute Gasteiger partial charge is 0.394 e. The summed E-state index contributed by atoms with van der Waals surface area (Å²) in [5, 5.41) is 9.68. The predicted molar refractivity (Wildman–Crippen MR) is 71.2 cm³/mol. The molecule has 1 fully saturated rings. The minimum Gasteiger partial charge on any atom is -0.394 e. The third-order valence-corrected chi connectivity index (χ3v) is 3.79. The van der Waals surface area contributed by atoms with Crippen molar-refractivity contribution in [1.82, 2.24) is 4.90 Å². The normalized spacial score (nSPS) is 19.2. The molecular formula is C15H23NO. The van der Waals surface area contributed by atoms with E-state index in [1.54, 1.807) is 0 Å². The van der Waals surface area contributed by atoms with E-state index in [-0.39, 0.29) is 12.6 Å². The third kappa shape index (κ3) is 2.88. The molecular weight excluding hydrogens is 210 g/mol. The highest BCUT2D eigenvalue weighted by molar-refractivity contribution is 5.33. The Hall–Kier alpha value is -0.860. The molecule has 1 aliphatic heterocycles. The van der Waals surface area contributed by atoms with Gasteiger partial charge >= 0.3 is 0 Å². The average molecular weight is 233 g/mol. The van der Waals surface area contributed by atoms with Crippen LogP contribution in [0.2, 0.25) is 0 Å². The minimum absolute atomic E-state index is 0.191. The number of benzene rings is 1. The maximum Gasteiger partial charge on any atom is 0.0628 e. The molecule has 2 nitrogen and oxygen atoms in total. The van der Waals surface area contributed by atoms with Crippen LogP contribution in [0.5, 0.6) is 0 Å². The maximum atomic E-state index is 9.68. The number of hydrogen-bond donors (Lipinski definition) is 1. The summed E-state index contributed by atoms with van der Waals surface area (Å²) in [5.74, 6) is 0. The van der Waals surface area contributed by atoms with Gasteiger partial charge in [-0.25, -0.2) is 0 Å². The fourth-order valence-electron chi connectivity index (χ4n) is 2.84. The number of rotatable bonds is 3. The molecule has 94 valence electrons. The first-order chi connectivity index (χ1) is 8.22. The van der Waals surface area contributed by atoms with Gasteiger partial charge in [-0.3, -0.25) is 4.90 Å². The molecule has 0 amide bonds. The summed E-state index contributed by atoms with van der Waals surface area (Å²) in [6, 6.07) is 6.73. The van der Waals surface area contributed by atoms with Crippen molar-refractivity contribution < 1.29 is 5.11 Å². The molecule has 0 saturated carbocycles. The lowest BCUT2D eigenvalue weighted by molar-refractivity contribution is 0.104. The highest BCUT2D eigenvalue weighted by Crippen LogP contribution is 2.27. The summed E-state index contributed by atoms with van der Waals surface area (Å²) in [6.07, 6.45) is 3.87. The van der Waals surface area contributed by atoms with Crippen LogP contribution in [-0.2, 0) is 0 Å². The van der Waals surface area contributed by atoms with Gasteiger partial charge in [-0.1, -0.05) is 30.2 Å². The molecule has 2 heteroatoms. The van der Waals surface area contributed by atoms with Crippen molar-refractivity contribution >= 4 is 0 Å². The molecule has 0 bridgehead atoms. The van der Waals surface area contributed by atoms with E-state index in [4.69, 9.17) is 0 Å². The van der Waals surface area contributed by atoms with E-state index < -0.39 is 0 Å². The standard InChI is InChI=1S/C15H23NO/c1-12-6-7-14(13(2)10-12)15(11-17)16-8-4-3-5-9-16/h6-7,10,15,17H,3-5,8-9,11H2,1-2H3. The van der Waals surface area contributed by atoms with E-state index in [0.29, 0.717) is 0 Å². The fraction of sp³-hybridized carbons (Fsp3) is 0.600. The Morgan fingerprint density at radius 2 is 1.88 bits per heavy atom. The zero-order valence-electron chi connectivity index (χ0n) is 10.9. The number of aryl methyl sites for hydroxylation is 2. The molecule has 1 saturated heterocycles. The summed E-state index contributed by atoms with van der Waals surface area (Å²) in [6.45, 7) is 6.74. The van der Waals surface area contributed by atoms with Gasteiger partial charge < -0.3 is 5.11 Å². The van der Waals surface area contributed by atoms with Gasteiger partial charge in [-0.15, -0.1) is 0 Å². The first-order valence-electron chi connectivity index (χ1n) is 6.64. The molecule has 0 aromatic heterocycles. The summed E-state index contributed by atoms with van der Waals surface area (Å²) >= 11 is 0. The van der Waals surface area contributed by atoms with Crippen LogP contribution in [0, 0.1) is 13.8 Å². The highest BCUT2D eigenvalue weighted by atomic mass is 16.3. The number of nitrogens with zero attached hydrogens (tertiary/aromatic N) is 1. The minimum atomic E-state index is 0.191. The molecule has 1 aromatic rings. The van der Waals surface area contributed by atoms with Crippen molar-refractivity contribution in [2.75, 3.05) is 19.7 Å². The summed E-state index contributed by atoms with van der Waals surface area (Å²) in [5.41, 5.74) is 3.89. The Labute approximate surface area is 104 Å². The van der Waals surface area contributed by atoms with Gasteiger partial charge in [0.15, 0.2) is 0 Å². The summed E-state index contributed by atoms with van der Waals surface area (Å²) < 4.78 is 0. The molecule has 0 spiro atoms. The smallest absolute Gasteiger partial charge is 0.0628 e. The summed E-state index contributed by atoms with van der Waals surface area (Å²) in [4.78, 5) is 2.43. The van der Waals surface area contributed by atoms with Gasteiger partial charge in [0, 0.05) is 0 Å². The molecule has 1 atom stereocenters. The number of aliphatic hydroxyl groups excluding tert-OH is 1. The third-order valence-electron chi connectivity index (χ3n) is 3.79. The first-order valence-corrected chi connectivity index (χ1v) is 6.64. The van der Waals surface area contributed by atoms with Crippen molar-refractivity contribution in [2.24, 2.45) is 0 Å². The van der Waals surface area contributed by atoms with Gasteiger partial charge in [0.1, 0.15) is 0 Å². The van der Waals surface area contributed by atoms with E-state index in [0.717, 1.165) is 13.1 Å². The fourth-order valence-corrected chi connectivity index (χ4v) is 2.84. The van der Waals surface area contributed by atoms with E-state index in [1.807, 2.05) is 0 Å². The Morgan fingerprint density at radius 3 is 2.47 bits per heavy atom. The molecule has 1 aliphatic rings. The molecule has 17 heavy (non-hydrogen) atoms. The molecule has 1 N–H and O–H groups in total. The maximum absolute atomic E-state index is 9.68. The lowest BCUT2D eigenvalue weighted by atomic mass is 9.97. The Kier molecular flexibility index (Phi) is 4.19. The van der Waals surface area contributed by atoms with Crippen LogP contribution in [0.15, 0.2) is 18.2 Å². The van der Waals surface area contributed by atoms with Crippen LogP contribution >= 0.6 is 0 Å². The SMILES string of the molecule is Cc1ccc(C(CO)N2CCCCC2)c(C)c1. The molecule has 0 radical (unpaired) electrons. The second-order valence-corrected chi connectivity index (χ2v) is 5.16. The van der Waals surface area contributed by atoms with Crippen molar-refractivity contribution in [3.8, 4) is 0 Å². The van der Waals surface area contributed by atoms with E-state index in [2.05, 4.69) is 36.9 Å². The number of hydrogen-bond acceptors (Lipinski definition) is 2. The van der Waals surface area contributed by atoms with E-state index >= 15 is 0 Å². The van der Waals surface area contributed by atoms with Gasteiger partial charge in [-0.05, 0) is 50.9 Å². The number of likely N-dealkylation sites (tertiary alicyclic amines) is 1. The van der Waals surface area contributed by atoms with Crippen LogP contribution in [0.4, 0.5) is 0 Å². The zero-order chi connectivity index (χ0) is 12.3. The second kappa shape index (κ2) is 5.65. The Morgan fingerprint density at radius 1 is 1.18 bits per heavy atom. The molecule has 1 aromatic carbocycles. The first kappa shape index (κ1) is 12.6. The van der Waals surface area contributed by atoms with E-state index in [1.165, 1.54) is 36.0 Å². The van der Waals surface area contributed by atoms with Gasteiger partial charge in [0.25, 0.3) is 0 Å². The quantitative estimate of drug-likeness (QED) is 0.867. The Bertz CT molecular complexity index is 369. The van der Waals surface area contributed by atoms with Crippen molar-refractivity contribution in [3.05, 3.63) is 34.9 Å². The number of aliphatic hydroxyl groups is 1. The monoisotopic (exact) mass is 233 g/mol. The average Bonchev–Trinajstić information content (AvgIpc) is 2.34.